The zero-order valence-corrected chi connectivity index (χ0v) is 16.0. The first-order valence-electron chi connectivity index (χ1n) is 8.50. The average Bonchev–Trinajstić information content (AvgIpc) is 2.91. The number of halogens is 2. The van der Waals surface area contributed by atoms with Crippen molar-refractivity contribution in [2.45, 2.75) is 13.3 Å². The second-order valence-electron chi connectivity index (χ2n) is 6.38. The molecular formula is C20H16ClFN2O5. The van der Waals surface area contributed by atoms with Crippen molar-refractivity contribution >= 4 is 40.3 Å². The van der Waals surface area contributed by atoms with E-state index in [1.54, 1.807) is 6.92 Å². The van der Waals surface area contributed by atoms with Gasteiger partial charge in [0.25, 0.3) is 5.91 Å². The third-order valence-electron chi connectivity index (χ3n) is 4.47. The van der Waals surface area contributed by atoms with Crippen LogP contribution >= 0.6 is 11.6 Å². The van der Waals surface area contributed by atoms with Crippen LogP contribution in [0.1, 0.15) is 21.6 Å². The quantitative estimate of drug-likeness (QED) is 0.590. The average molecular weight is 419 g/mol. The number of aromatic nitrogens is 1. The summed E-state index contributed by atoms with van der Waals surface area (Å²) < 4.78 is 14.5. The number of phenolic OH excluding ortho intramolecular Hbond substituents is 1. The number of hydrogen-bond acceptors (Lipinski definition) is 4. The van der Waals surface area contributed by atoms with E-state index in [0.717, 1.165) is 12.1 Å². The topological polar surface area (TPSA) is 109 Å². The van der Waals surface area contributed by atoms with Crippen LogP contribution in [0, 0.1) is 12.7 Å². The molecule has 0 aliphatic heterocycles. The van der Waals surface area contributed by atoms with Gasteiger partial charge in [0.1, 0.15) is 18.1 Å². The van der Waals surface area contributed by atoms with Crippen LogP contribution in [0.25, 0.3) is 10.9 Å². The molecule has 29 heavy (non-hydrogen) atoms. The van der Waals surface area contributed by atoms with Gasteiger partial charge in [-0.25, -0.2) is 4.39 Å². The summed E-state index contributed by atoms with van der Waals surface area (Å²) in [6.07, 6.45) is -0.208. The Hall–Kier alpha value is -3.39. The predicted molar refractivity (Wildman–Crippen MR) is 104 cm³/mol. The van der Waals surface area contributed by atoms with Crippen LogP contribution in [0.5, 0.6) is 5.75 Å². The third-order valence-corrected chi connectivity index (χ3v) is 4.77. The predicted octanol–water partition coefficient (Wildman–Crippen LogP) is 2.88. The Morgan fingerprint density at radius 2 is 1.83 bits per heavy atom. The number of amides is 1. The number of carboxylic acid groups (broad SMARTS) is 1. The van der Waals surface area contributed by atoms with Crippen molar-refractivity contribution in [1.29, 1.82) is 0 Å². The highest BCUT2D eigenvalue weighted by molar-refractivity contribution is 6.33. The van der Waals surface area contributed by atoms with Crippen molar-refractivity contribution in [2.24, 2.45) is 0 Å². The Balaban J connectivity index is 2.12. The number of aliphatic carboxylic acids is 1. The first-order chi connectivity index (χ1) is 13.7. The zero-order chi connectivity index (χ0) is 21.3. The lowest BCUT2D eigenvalue weighted by Crippen LogP contribution is -2.30. The second-order valence-corrected chi connectivity index (χ2v) is 6.79. The molecule has 0 aliphatic rings. The van der Waals surface area contributed by atoms with Crippen molar-refractivity contribution in [1.82, 2.24) is 9.88 Å². The van der Waals surface area contributed by atoms with Gasteiger partial charge in [0.2, 0.25) is 5.91 Å². The number of aromatic hydroxyl groups is 1. The van der Waals surface area contributed by atoms with Gasteiger partial charge in [0, 0.05) is 16.6 Å². The molecule has 0 saturated heterocycles. The monoisotopic (exact) mass is 418 g/mol. The Morgan fingerprint density at radius 3 is 2.45 bits per heavy atom. The number of carboxylic acids is 1. The maximum atomic E-state index is 13.2. The normalized spacial score (nSPS) is 10.9. The summed E-state index contributed by atoms with van der Waals surface area (Å²) in [5.41, 5.74) is 1.44. The number of carbonyl (C=O) groups is 3. The van der Waals surface area contributed by atoms with Crippen LogP contribution in [0.15, 0.2) is 36.4 Å². The second kappa shape index (κ2) is 7.92. The summed E-state index contributed by atoms with van der Waals surface area (Å²) in [5.74, 6) is -2.92. The number of benzene rings is 2. The summed E-state index contributed by atoms with van der Waals surface area (Å²) >= 11 is 6.01. The van der Waals surface area contributed by atoms with Crippen LogP contribution in [0.2, 0.25) is 5.02 Å². The Bertz CT molecular complexity index is 1140. The third kappa shape index (κ3) is 4.07. The number of nitrogens with one attached hydrogen (secondary N) is 1. The highest BCUT2D eigenvalue weighted by Gasteiger charge is 2.23. The van der Waals surface area contributed by atoms with Gasteiger partial charge in [-0.15, -0.1) is 0 Å². The Labute approximate surface area is 169 Å². The van der Waals surface area contributed by atoms with E-state index in [0.29, 0.717) is 22.2 Å². The minimum absolute atomic E-state index is 0.0186. The molecule has 0 fully saturated rings. The van der Waals surface area contributed by atoms with E-state index in [-0.39, 0.29) is 22.8 Å². The smallest absolute Gasteiger partial charge is 0.322 e. The summed E-state index contributed by atoms with van der Waals surface area (Å²) in [6, 6.07) is 7.74. The largest absolute Gasteiger partial charge is 0.506 e. The van der Waals surface area contributed by atoms with Crippen LogP contribution in [0.4, 0.5) is 4.39 Å². The van der Waals surface area contributed by atoms with Crippen molar-refractivity contribution in [3.8, 4) is 5.75 Å². The van der Waals surface area contributed by atoms with E-state index in [9.17, 15) is 23.9 Å². The summed E-state index contributed by atoms with van der Waals surface area (Å²) in [5, 5.41) is 21.4. The number of rotatable bonds is 5. The molecule has 150 valence electrons. The van der Waals surface area contributed by atoms with E-state index in [4.69, 9.17) is 16.7 Å². The molecule has 0 aliphatic carbocycles. The molecule has 1 aromatic heterocycles. The van der Waals surface area contributed by atoms with E-state index in [2.05, 4.69) is 5.32 Å². The highest BCUT2D eigenvalue weighted by Crippen LogP contribution is 2.35. The molecule has 0 atom stereocenters. The molecule has 1 heterocycles. The molecule has 0 unspecified atom stereocenters. The van der Waals surface area contributed by atoms with E-state index in [1.807, 2.05) is 0 Å². The minimum atomic E-state index is -1.19. The number of carbonyl (C=O) groups excluding carboxylic acids is 2. The molecule has 1 amide bonds. The Morgan fingerprint density at radius 1 is 1.17 bits per heavy atom. The lowest BCUT2D eigenvalue weighted by atomic mass is 10.1. The van der Waals surface area contributed by atoms with Gasteiger partial charge in [-0.05, 0) is 48.9 Å². The zero-order valence-electron chi connectivity index (χ0n) is 15.2. The fraction of sp³-hybridized carbons (Fsp3) is 0.150. The highest BCUT2D eigenvalue weighted by atomic mass is 35.5. The molecule has 7 nitrogen and oxygen atoms in total. The standard InChI is InChI=1S/C20H16ClFN2O5/c1-10-13(7-18(26)23-9-19(27)28)14-6-17(25)15(21)8-16(14)24(10)20(29)11-2-4-12(22)5-3-11/h2-6,8,25H,7,9H2,1H3,(H,23,26)(H,27,28). The molecule has 3 rings (SSSR count). The fourth-order valence-corrected chi connectivity index (χ4v) is 3.25. The maximum absolute atomic E-state index is 13.2. The van der Waals surface area contributed by atoms with Crippen molar-refractivity contribution in [3.05, 3.63) is 64.1 Å². The van der Waals surface area contributed by atoms with Crippen molar-refractivity contribution in [3.63, 3.8) is 0 Å². The van der Waals surface area contributed by atoms with E-state index >= 15 is 0 Å². The summed E-state index contributed by atoms with van der Waals surface area (Å²) in [7, 11) is 0. The Kier molecular flexibility index (Phi) is 5.56. The van der Waals surface area contributed by atoms with Crippen molar-refractivity contribution in [2.75, 3.05) is 6.54 Å². The molecule has 0 bridgehead atoms. The minimum Gasteiger partial charge on any atom is -0.506 e. The lowest BCUT2D eigenvalue weighted by molar-refractivity contribution is -0.137. The molecule has 2 aromatic carbocycles. The molecule has 0 spiro atoms. The first kappa shape index (κ1) is 20.3. The molecular weight excluding hydrogens is 403 g/mol. The molecule has 9 heteroatoms. The molecule has 3 aromatic rings. The van der Waals surface area contributed by atoms with Crippen LogP contribution < -0.4 is 5.32 Å². The van der Waals surface area contributed by atoms with Crippen LogP contribution in [-0.2, 0) is 16.0 Å². The lowest BCUT2D eigenvalue weighted by Gasteiger charge is -2.08. The van der Waals surface area contributed by atoms with Gasteiger partial charge in [0.15, 0.2) is 0 Å². The van der Waals surface area contributed by atoms with Gasteiger partial charge in [0.05, 0.1) is 17.0 Å². The van der Waals surface area contributed by atoms with Crippen molar-refractivity contribution < 1.29 is 29.0 Å². The van der Waals surface area contributed by atoms with Crippen LogP contribution in [0.3, 0.4) is 0 Å². The SMILES string of the molecule is Cc1c(CC(=O)NCC(=O)O)c2cc(O)c(Cl)cc2n1C(=O)c1ccc(F)cc1. The first-order valence-corrected chi connectivity index (χ1v) is 8.88. The number of phenols is 1. The maximum Gasteiger partial charge on any atom is 0.322 e. The van der Waals surface area contributed by atoms with Gasteiger partial charge < -0.3 is 15.5 Å². The van der Waals surface area contributed by atoms with Gasteiger partial charge in [-0.3, -0.25) is 19.0 Å². The molecule has 0 saturated carbocycles. The van der Waals surface area contributed by atoms with Gasteiger partial charge in [-0.2, -0.15) is 0 Å². The van der Waals surface area contributed by atoms with E-state index < -0.39 is 30.1 Å². The molecule has 3 N–H and O–H groups in total. The number of fused-ring (bicyclic) bond motifs is 1. The van der Waals surface area contributed by atoms with E-state index in [1.165, 1.54) is 28.8 Å². The van der Waals surface area contributed by atoms with Crippen LogP contribution in [-0.4, -0.2) is 39.1 Å². The summed E-state index contributed by atoms with van der Waals surface area (Å²) in [6.45, 7) is 1.08. The number of nitrogens with zero attached hydrogens (tertiary/aromatic N) is 1. The molecule has 0 radical (unpaired) electrons. The van der Waals surface area contributed by atoms with Gasteiger partial charge in [-0.1, -0.05) is 11.6 Å². The fourth-order valence-electron chi connectivity index (χ4n) is 3.09. The summed E-state index contributed by atoms with van der Waals surface area (Å²) in [4.78, 5) is 35.9. The number of hydrogen-bond donors (Lipinski definition) is 3. The van der Waals surface area contributed by atoms with Gasteiger partial charge >= 0.3 is 5.97 Å².